The SMILES string of the molecule is N#Cc1cc(S(=O)(=O)NC2CCCNCC2)ccc1F. The normalized spacial score (nSPS) is 20.1. The molecule has 20 heavy (non-hydrogen) atoms. The Hall–Kier alpha value is -1.49. The van der Waals surface area contributed by atoms with Crippen LogP contribution in [0.5, 0.6) is 0 Å². The van der Waals surface area contributed by atoms with Crippen LogP contribution in [-0.2, 0) is 10.0 Å². The Labute approximate surface area is 117 Å². The molecule has 0 amide bonds. The van der Waals surface area contributed by atoms with Crippen molar-refractivity contribution in [3.8, 4) is 6.07 Å². The molecule has 0 bridgehead atoms. The van der Waals surface area contributed by atoms with Crippen LogP contribution < -0.4 is 10.0 Å². The molecule has 0 spiro atoms. The summed E-state index contributed by atoms with van der Waals surface area (Å²) in [5.74, 6) is -0.717. The molecule has 108 valence electrons. The average molecular weight is 297 g/mol. The maximum Gasteiger partial charge on any atom is 0.240 e. The number of nitrogens with one attached hydrogen (secondary N) is 2. The van der Waals surface area contributed by atoms with E-state index in [2.05, 4.69) is 10.0 Å². The van der Waals surface area contributed by atoms with E-state index in [1.165, 1.54) is 6.07 Å². The van der Waals surface area contributed by atoms with Crippen molar-refractivity contribution >= 4 is 10.0 Å². The van der Waals surface area contributed by atoms with Crippen LogP contribution in [0.3, 0.4) is 0 Å². The van der Waals surface area contributed by atoms with E-state index < -0.39 is 15.8 Å². The van der Waals surface area contributed by atoms with Gasteiger partial charge in [-0.3, -0.25) is 0 Å². The second-order valence-corrected chi connectivity index (χ2v) is 6.47. The zero-order valence-corrected chi connectivity index (χ0v) is 11.7. The second-order valence-electron chi connectivity index (χ2n) is 4.75. The predicted octanol–water partition coefficient (Wildman–Crippen LogP) is 1.12. The van der Waals surface area contributed by atoms with E-state index in [0.717, 1.165) is 38.1 Å². The van der Waals surface area contributed by atoms with Crippen LogP contribution >= 0.6 is 0 Å². The summed E-state index contributed by atoms with van der Waals surface area (Å²) < 4.78 is 40.3. The Morgan fingerprint density at radius 1 is 1.35 bits per heavy atom. The lowest BCUT2D eigenvalue weighted by molar-refractivity contribution is 0.518. The Bertz CT molecular complexity index is 617. The van der Waals surface area contributed by atoms with Crippen molar-refractivity contribution in [3.63, 3.8) is 0 Å². The number of nitriles is 1. The van der Waals surface area contributed by atoms with Crippen molar-refractivity contribution in [2.75, 3.05) is 13.1 Å². The molecule has 1 unspecified atom stereocenters. The summed E-state index contributed by atoms with van der Waals surface area (Å²) in [5, 5.41) is 12.0. The standard InChI is InChI=1S/C13H16FN3O2S/c14-13-4-3-12(8-10(13)9-15)20(18,19)17-11-2-1-6-16-7-5-11/h3-4,8,11,16-17H,1-2,5-7H2. The number of hydrogen-bond acceptors (Lipinski definition) is 4. The smallest absolute Gasteiger partial charge is 0.240 e. The molecule has 1 aromatic rings. The van der Waals surface area contributed by atoms with Gasteiger partial charge < -0.3 is 5.32 Å². The van der Waals surface area contributed by atoms with Gasteiger partial charge >= 0.3 is 0 Å². The maximum atomic E-state index is 13.2. The van der Waals surface area contributed by atoms with Gasteiger partial charge in [-0.15, -0.1) is 0 Å². The third kappa shape index (κ3) is 3.54. The summed E-state index contributed by atoms with van der Waals surface area (Å²) in [6.07, 6.45) is 2.38. The number of rotatable bonds is 3. The van der Waals surface area contributed by atoms with Crippen molar-refractivity contribution in [3.05, 3.63) is 29.6 Å². The number of sulfonamides is 1. The highest BCUT2D eigenvalue weighted by molar-refractivity contribution is 7.89. The summed E-state index contributed by atoms with van der Waals surface area (Å²) in [4.78, 5) is -0.0762. The lowest BCUT2D eigenvalue weighted by Gasteiger charge is -2.16. The first-order valence-electron chi connectivity index (χ1n) is 6.45. The number of benzene rings is 1. The molecule has 1 aliphatic rings. The highest BCUT2D eigenvalue weighted by Crippen LogP contribution is 2.16. The lowest BCUT2D eigenvalue weighted by atomic mass is 10.1. The van der Waals surface area contributed by atoms with E-state index >= 15 is 0 Å². The number of hydrogen-bond donors (Lipinski definition) is 2. The fourth-order valence-corrected chi connectivity index (χ4v) is 3.51. The van der Waals surface area contributed by atoms with E-state index in [1.54, 1.807) is 6.07 Å². The van der Waals surface area contributed by atoms with Crippen molar-refractivity contribution in [1.82, 2.24) is 10.0 Å². The predicted molar refractivity (Wildman–Crippen MR) is 71.9 cm³/mol. The van der Waals surface area contributed by atoms with E-state index in [9.17, 15) is 12.8 Å². The van der Waals surface area contributed by atoms with Crippen LogP contribution in [0.2, 0.25) is 0 Å². The largest absolute Gasteiger partial charge is 0.317 e. The third-order valence-electron chi connectivity index (χ3n) is 3.27. The van der Waals surface area contributed by atoms with Gasteiger partial charge in [0.1, 0.15) is 11.9 Å². The number of halogens is 1. The quantitative estimate of drug-likeness (QED) is 0.876. The summed E-state index contributed by atoms with van der Waals surface area (Å²) in [6.45, 7) is 1.65. The van der Waals surface area contributed by atoms with E-state index in [1.807, 2.05) is 0 Å². The van der Waals surface area contributed by atoms with Gasteiger partial charge in [0.15, 0.2) is 0 Å². The Balaban J connectivity index is 2.19. The van der Waals surface area contributed by atoms with Gasteiger partial charge in [0, 0.05) is 6.04 Å². The zero-order valence-electron chi connectivity index (χ0n) is 10.9. The molecule has 0 radical (unpaired) electrons. The topological polar surface area (TPSA) is 82.0 Å². The molecule has 0 saturated carbocycles. The molecule has 0 aliphatic carbocycles. The summed E-state index contributed by atoms with van der Waals surface area (Å²) in [7, 11) is -3.72. The van der Waals surface area contributed by atoms with E-state index in [0.29, 0.717) is 6.42 Å². The van der Waals surface area contributed by atoms with Gasteiger partial charge in [0.2, 0.25) is 10.0 Å². The molecule has 1 aromatic carbocycles. The first kappa shape index (κ1) is 14.9. The van der Waals surface area contributed by atoms with Gasteiger partial charge in [-0.05, 0) is 50.6 Å². The minimum Gasteiger partial charge on any atom is -0.317 e. The maximum absolute atomic E-state index is 13.2. The fraction of sp³-hybridized carbons (Fsp3) is 0.462. The second kappa shape index (κ2) is 6.31. The van der Waals surface area contributed by atoms with Crippen molar-refractivity contribution < 1.29 is 12.8 Å². The molecule has 1 heterocycles. The van der Waals surface area contributed by atoms with Crippen LogP contribution in [0.25, 0.3) is 0 Å². The molecule has 1 aliphatic heterocycles. The van der Waals surface area contributed by atoms with Crippen LogP contribution in [0.1, 0.15) is 24.8 Å². The van der Waals surface area contributed by atoms with Crippen LogP contribution in [0, 0.1) is 17.1 Å². The average Bonchev–Trinajstić information content (AvgIpc) is 2.67. The van der Waals surface area contributed by atoms with Gasteiger partial charge in [-0.1, -0.05) is 0 Å². The highest BCUT2D eigenvalue weighted by atomic mass is 32.2. The highest BCUT2D eigenvalue weighted by Gasteiger charge is 2.22. The summed E-state index contributed by atoms with van der Waals surface area (Å²) in [6, 6.07) is 4.75. The minimum atomic E-state index is -3.72. The third-order valence-corrected chi connectivity index (χ3v) is 4.78. The Kier molecular flexibility index (Phi) is 4.70. The summed E-state index contributed by atoms with van der Waals surface area (Å²) in [5.41, 5.74) is -0.268. The molecule has 1 fully saturated rings. The molecule has 7 heteroatoms. The molecule has 5 nitrogen and oxygen atoms in total. The van der Waals surface area contributed by atoms with Crippen LogP contribution in [-0.4, -0.2) is 27.5 Å². The van der Waals surface area contributed by atoms with Gasteiger partial charge in [-0.2, -0.15) is 5.26 Å². The Morgan fingerprint density at radius 3 is 2.90 bits per heavy atom. The first-order valence-corrected chi connectivity index (χ1v) is 7.94. The first-order chi connectivity index (χ1) is 9.53. The monoisotopic (exact) mass is 297 g/mol. The van der Waals surface area contributed by atoms with Gasteiger partial charge in [-0.25, -0.2) is 17.5 Å². The zero-order chi connectivity index (χ0) is 14.6. The van der Waals surface area contributed by atoms with Crippen LogP contribution in [0.4, 0.5) is 4.39 Å². The molecular formula is C13H16FN3O2S. The molecule has 1 atom stereocenters. The molecule has 0 aromatic heterocycles. The molecule has 2 N–H and O–H groups in total. The van der Waals surface area contributed by atoms with Crippen molar-refractivity contribution in [1.29, 1.82) is 5.26 Å². The lowest BCUT2D eigenvalue weighted by Crippen LogP contribution is -2.35. The number of nitrogens with zero attached hydrogens (tertiary/aromatic N) is 1. The Morgan fingerprint density at radius 2 is 2.15 bits per heavy atom. The molecule has 1 saturated heterocycles. The van der Waals surface area contributed by atoms with Crippen molar-refractivity contribution in [2.24, 2.45) is 0 Å². The van der Waals surface area contributed by atoms with E-state index in [-0.39, 0.29) is 16.5 Å². The van der Waals surface area contributed by atoms with Crippen molar-refractivity contribution in [2.45, 2.75) is 30.2 Å². The van der Waals surface area contributed by atoms with Crippen LogP contribution in [0.15, 0.2) is 23.1 Å². The van der Waals surface area contributed by atoms with Gasteiger partial charge in [0.25, 0.3) is 0 Å². The molecule has 2 rings (SSSR count). The summed E-state index contributed by atoms with van der Waals surface area (Å²) >= 11 is 0. The van der Waals surface area contributed by atoms with Gasteiger partial charge in [0.05, 0.1) is 10.5 Å². The molecular weight excluding hydrogens is 281 g/mol. The fourth-order valence-electron chi connectivity index (χ4n) is 2.18. The minimum absolute atomic E-state index is 0.0762. The van der Waals surface area contributed by atoms with E-state index in [4.69, 9.17) is 5.26 Å².